The van der Waals surface area contributed by atoms with E-state index in [9.17, 15) is 14.4 Å². The first-order valence-corrected chi connectivity index (χ1v) is 9.23. The maximum Gasteiger partial charge on any atom is 0.253 e. The van der Waals surface area contributed by atoms with E-state index in [1.807, 2.05) is 20.8 Å². The molecule has 3 rings (SSSR count). The number of carbonyl (C=O) groups is 1. The highest BCUT2D eigenvalue weighted by molar-refractivity contribution is 6.30. The van der Waals surface area contributed by atoms with Gasteiger partial charge < -0.3 is 16.0 Å². The van der Waals surface area contributed by atoms with Crippen LogP contribution in [-0.4, -0.2) is 22.0 Å². The van der Waals surface area contributed by atoms with Crippen LogP contribution in [0.15, 0.2) is 52.6 Å². The maximum absolute atomic E-state index is 12.7. The van der Waals surface area contributed by atoms with Gasteiger partial charge >= 0.3 is 0 Å². The Kier molecular flexibility index (Phi) is 5.65. The highest BCUT2D eigenvalue weighted by Gasteiger charge is 2.31. The molecule has 9 heteroatoms. The number of halogens is 1. The lowest BCUT2D eigenvalue weighted by molar-refractivity contribution is 0.0913. The van der Waals surface area contributed by atoms with Gasteiger partial charge in [0.1, 0.15) is 23.9 Å². The lowest BCUT2D eigenvalue weighted by Crippen LogP contribution is -2.51. The number of amides is 1. The van der Waals surface area contributed by atoms with Gasteiger partial charge in [-0.25, -0.2) is 9.97 Å². The summed E-state index contributed by atoms with van der Waals surface area (Å²) in [5.41, 5.74) is -0.709. The molecule has 0 aliphatic rings. The van der Waals surface area contributed by atoms with Gasteiger partial charge in [-0.3, -0.25) is 14.4 Å². The van der Waals surface area contributed by atoms with Gasteiger partial charge in [0, 0.05) is 16.0 Å². The van der Waals surface area contributed by atoms with Crippen LogP contribution in [0.5, 0.6) is 0 Å². The first kappa shape index (κ1) is 20.5. The molecule has 1 unspecified atom stereocenters. The molecular formula is C20H20ClN5O3. The summed E-state index contributed by atoms with van der Waals surface area (Å²) >= 11 is 5.96. The molecule has 3 aromatic rings. The van der Waals surface area contributed by atoms with Crippen molar-refractivity contribution in [2.45, 2.75) is 26.9 Å². The summed E-state index contributed by atoms with van der Waals surface area (Å²) in [5.74, 6) is -0.357. The van der Waals surface area contributed by atoms with Crippen molar-refractivity contribution in [2.75, 3.05) is 10.6 Å². The third-order valence-corrected chi connectivity index (χ3v) is 4.49. The predicted octanol–water partition coefficient (Wildman–Crippen LogP) is 2.68. The Morgan fingerprint density at radius 2 is 1.72 bits per heavy atom. The van der Waals surface area contributed by atoms with Gasteiger partial charge in [-0.1, -0.05) is 38.4 Å². The highest BCUT2D eigenvalue weighted by Crippen LogP contribution is 2.26. The van der Waals surface area contributed by atoms with E-state index >= 15 is 0 Å². The van der Waals surface area contributed by atoms with E-state index in [1.165, 1.54) is 18.7 Å². The second-order valence-corrected chi connectivity index (χ2v) is 8.02. The Morgan fingerprint density at radius 3 is 2.34 bits per heavy atom. The molecular weight excluding hydrogens is 394 g/mol. The quantitative estimate of drug-likeness (QED) is 0.420. The van der Waals surface area contributed by atoms with Crippen LogP contribution < -0.4 is 26.8 Å². The Hall–Kier alpha value is -3.26. The number of rotatable bonds is 6. The van der Waals surface area contributed by atoms with Crippen LogP contribution in [0, 0.1) is 5.41 Å². The number of hydrogen-bond acceptors (Lipinski definition) is 7. The van der Waals surface area contributed by atoms with Crippen molar-refractivity contribution in [2.24, 2.45) is 5.41 Å². The van der Waals surface area contributed by atoms with E-state index in [2.05, 4.69) is 25.9 Å². The van der Waals surface area contributed by atoms with Gasteiger partial charge in [-0.2, -0.15) is 0 Å². The topological polar surface area (TPSA) is 113 Å². The Morgan fingerprint density at radius 1 is 1.07 bits per heavy atom. The summed E-state index contributed by atoms with van der Waals surface area (Å²) in [6.07, 6.45) is 3.68. The molecule has 0 aliphatic carbocycles. The highest BCUT2D eigenvalue weighted by atomic mass is 35.5. The van der Waals surface area contributed by atoms with Gasteiger partial charge in [0.25, 0.3) is 16.8 Å². The van der Waals surface area contributed by atoms with Crippen molar-refractivity contribution in [3.63, 3.8) is 0 Å². The van der Waals surface area contributed by atoms with Crippen LogP contribution in [0.4, 0.5) is 17.1 Å². The zero-order valence-corrected chi connectivity index (χ0v) is 16.9. The molecule has 0 fully saturated rings. The third-order valence-electron chi connectivity index (χ3n) is 4.26. The monoisotopic (exact) mass is 413 g/mol. The summed E-state index contributed by atoms with van der Waals surface area (Å²) in [5, 5.41) is 9.15. The van der Waals surface area contributed by atoms with Crippen molar-refractivity contribution in [1.82, 2.24) is 15.3 Å². The smallest absolute Gasteiger partial charge is 0.253 e. The van der Waals surface area contributed by atoms with Gasteiger partial charge in [-0.15, -0.1) is 0 Å². The van der Waals surface area contributed by atoms with E-state index < -0.39 is 22.4 Å². The fourth-order valence-corrected chi connectivity index (χ4v) is 2.80. The summed E-state index contributed by atoms with van der Waals surface area (Å²) in [4.78, 5) is 44.6. The number of hydrogen-bond donors (Lipinski definition) is 3. The van der Waals surface area contributed by atoms with Crippen molar-refractivity contribution in [1.29, 1.82) is 0 Å². The fourth-order valence-electron chi connectivity index (χ4n) is 2.61. The molecule has 8 nitrogen and oxygen atoms in total. The van der Waals surface area contributed by atoms with Crippen molar-refractivity contribution >= 4 is 34.6 Å². The molecule has 1 amide bonds. The van der Waals surface area contributed by atoms with E-state index in [0.29, 0.717) is 16.3 Å². The molecule has 150 valence electrons. The molecule has 0 saturated carbocycles. The number of benzene rings is 1. The number of nitrogens with one attached hydrogen (secondary N) is 3. The SMILES string of the molecule is CC(C)(C)C(NC(=O)c1cccc(Cl)c1)Nc1c(Nc2cncnc2)c(=O)c1=O. The number of anilines is 3. The largest absolute Gasteiger partial charge is 0.360 e. The molecule has 0 saturated heterocycles. The second-order valence-electron chi connectivity index (χ2n) is 7.59. The normalized spacial score (nSPS) is 12.4. The van der Waals surface area contributed by atoms with Crippen molar-refractivity contribution < 1.29 is 4.79 Å². The average molecular weight is 414 g/mol. The summed E-state index contributed by atoms with van der Waals surface area (Å²) in [6.45, 7) is 5.69. The molecule has 1 aromatic heterocycles. The van der Waals surface area contributed by atoms with E-state index in [0.717, 1.165) is 0 Å². The molecule has 3 N–H and O–H groups in total. The third kappa shape index (κ3) is 4.60. The molecule has 1 atom stereocenters. The molecule has 0 aliphatic heterocycles. The van der Waals surface area contributed by atoms with E-state index in [-0.39, 0.29) is 17.3 Å². The molecule has 1 heterocycles. The number of aromatic nitrogens is 2. The number of carbonyl (C=O) groups excluding carboxylic acids is 1. The van der Waals surface area contributed by atoms with Crippen LogP contribution in [0.25, 0.3) is 0 Å². The van der Waals surface area contributed by atoms with Crippen LogP contribution in [-0.2, 0) is 0 Å². The fraction of sp³-hybridized carbons (Fsp3) is 0.250. The van der Waals surface area contributed by atoms with Crippen LogP contribution in [0.2, 0.25) is 5.02 Å². The average Bonchev–Trinajstić information content (AvgIpc) is 2.69. The standard InChI is InChI=1S/C20H20ClN5O3/c1-20(2,3)19(26-18(29)11-5-4-6-12(21)7-11)25-15-14(16(27)17(15)28)24-13-8-22-10-23-9-13/h4-10,19,24-25H,1-3H3,(H,26,29). The van der Waals surface area contributed by atoms with Crippen LogP contribution >= 0.6 is 11.6 Å². The molecule has 0 radical (unpaired) electrons. The van der Waals surface area contributed by atoms with Crippen LogP contribution in [0.1, 0.15) is 31.1 Å². The van der Waals surface area contributed by atoms with Crippen molar-refractivity contribution in [3.05, 3.63) is 74.0 Å². The summed E-state index contributed by atoms with van der Waals surface area (Å²) in [7, 11) is 0. The minimum atomic E-state index is -0.657. The Labute approximate surface area is 172 Å². The van der Waals surface area contributed by atoms with E-state index in [4.69, 9.17) is 11.6 Å². The summed E-state index contributed by atoms with van der Waals surface area (Å²) < 4.78 is 0. The minimum Gasteiger partial charge on any atom is -0.360 e. The molecule has 0 spiro atoms. The van der Waals surface area contributed by atoms with Gasteiger partial charge in [0.05, 0.1) is 18.1 Å². The second kappa shape index (κ2) is 8.00. The van der Waals surface area contributed by atoms with Gasteiger partial charge in [0.15, 0.2) is 0 Å². The van der Waals surface area contributed by atoms with E-state index in [1.54, 1.807) is 24.3 Å². The lowest BCUT2D eigenvalue weighted by Gasteiger charge is -2.33. The van der Waals surface area contributed by atoms with Gasteiger partial charge in [0.2, 0.25) is 0 Å². The zero-order chi connectivity index (χ0) is 21.2. The Balaban J connectivity index is 1.83. The Bertz CT molecular complexity index is 1100. The molecule has 29 heavy (non-hydrogen) atoms. The zero-order valence-electron chi connectivity index (χ0n) is 16.1. The summed E-state index contributed by atoms with van der Waals surface area (Å²) in [6, 6.07) is 6.54. The number of nitrogens with zero attached hydrogens (tertiary/aromatic N) is 2. The predicted molar refractivity (Wildman–Crippen MR) is 112 cm³/mol. The van der Waals surface area contributed by atoms with Crippen molar-refractivity contribution in [3.8, 4) is 0 Å². The first-order chi connectivity index (χ1) is 13.7. The molecule has 0 bridgehead atoms. The minimum absolute atomic E-state index is 0.102. The molecule has 2 aromatic carbocycles. The lowest BCUT2D eigenvalue weighted by atomic mass is 9.91. The maximum atomic E-state index is 12.7. The first-order valence-electron chi connectivity index (χ1n) is 8.85. The van der Waals surface area contributed by atoms with Gasteiger partial charge in [-0.05, 0) is 18.2 Å². The van der Waals surface area contributed by atoms with Crippen LogP contribution in [0.3, 0.4) is 0 Å².